The normalized spacial score (nSPS) is 17.2. The highest BCUT2D eigenvalue weighted by atomic mass is 35.5. The van der Waals surface area contributed by atoms with Crippen LogP contribution in [0.3, 0.4) is 0 Å². The molecular formula is C19H15Cl2FN2O2S. The molecule has 1 saturated heterocycles. The third-order valence-electron chi connectivity index (χ3n) is 3.89. The molecule has 1 fully saturated rings. The lowest BCUT2D eigenvalue weighted by molar-refractivity contribution is -0.121. The molecule has 4 nitrogen and oxygen atoms in total. The number of benzene rings is 2. The standard InChI is InChI=1S/C19H15Cl2FN2O2S/c1-23-19-24(2)18(25)17(27-19)9-11-8-12(20)6-7-16(11)26-10-13-14(21)4-3-5-15(13)22/h3-9H,10H2,1-2H3/b17-9-,23-19?. The van der Waals surface area contributed by atoms with Crippen LogP contribution in [0.2, 0.25) is 10.0 Å². The average Bonchev–Trinajstić information content (AvgIpc) is 2.90. The summed E-state index contributed by atoms with van der Waals surface area (Å²) in [5.41, 5.74) is 0.871. The van der Waals surface area contributed by atoms with Gasteiger partial charge in [0.05, 0.1) is 9.93 Å². The smallest absolute Gasteiger partial charge is 0.266 e. The zero-order chi connectivity index (χ0) is 19.6. The summed E-state index contributed by atoms with van der Waals surface area (Å²) in [6, 6.07) is 9.48. The summed E-state index contributed by atoms with van der Waals surface area (Å²) in [4.78, 5) is 18.4. The average molecular weight is 425 g/mol. The van der Waals surface area contributed by atoms with Crippen LogP contribution in [0.25, 0.3) is 6.08 Å². The van der Waals surface area contributed by atoms with Gasteiger partial charge in [-0.05, 0) is 48.2 Å². The highest BCUT2D eigenvalue weighted by molar-refractivity contribution is 8.18. The molecule has 2 aromatic rings. The Kier molecular flexibility index (Phi) is 6.09. The highest BCUT2D eigenvalue weighted by Crippen LogP contribution is 2.34. The predicted molar refractivity (Wildman–Crippen MR) is 109 cm³/mol. The van der Waals surface area contributed by atoms with Gasteiger partial charge in [-0.25, -0.2) is 4.39 Å². The lowest BCUT2D eigenvalue weighted by atomic mass is 10.1. The Hall–Kier alpha value is -2.02. The number of thioether (sulfide) groups is 1. The maximum Gasteiger partial charge on any atom is 0.266 e. The number of hydrogen-bond donors (Lipinski definition) is 0. The van der Waals surface area contributed by atoms with E-state index in [1.807, 2.05) is 0 Å². The van der Waals surface area contributed by atoms with Gasteiger partial charge in [-0.1, -0.05) is 29.3 Å². The van der Waals surface area contributed by atoms with E-state index in [2.05, 4.69) is 4.99 Å². The molecular weight excluding hydrogens is 410 g/mol. The molecule has 0 spiro atoms. The summed E-state index contributed by atoms with van der Waals surface area (Å²) in [6.45, 7) is -0.0496. The van der Waals surface area contributed by atoms with Crippen molar-refractivity contribution >= 4 is 52.1 Å². The van der Waals surface area contributed by atoms with Crippen LogP contribution in [-0.2, 0) is 11.4 Å². The summed E-state index contributed by atoms with van der Waals surface area (Å²) in [6.07, 6.45) is 1.69. The van der Waals surface area contributed by atoms with Crippen molar-refractivity contribution in [1.82, 2.24) is 4.90 Å². The van der Waals surface area contributed by atoms with Crippen LogP contribution >= 0.6 is 35.0 Å². The molecule has 0 aliphatic carbocycles. The third-order valence-corrected chi connectivity index (χ3v) is 5.63. The Labute approximate surface area is 170 Å². The van der Waals surface area contributed by atoms with E-state index in [4.69, 9.17) is 27.9 Å². The van der Waals surface area contributed by atoms with E-state index >= 15 is 0 Å². The van der Waals surface area contributed by atoms with Gasteiger partial charge in [-0.15, -0.1) is 0 Å². The molecule has 3 rings (SSSR count). The molecule has 8 heteroatoms. The highest BCUT2D eigenvalue weighted by Gasteiger charge is 2.30. The fourth-order valence-corrected chi connectivity index (χ4v) is 3.79. The third kappa shape index (κ3) is 4.29. The lowest BCUT2D eigenvalue weighted by Gasteiger charge is -2.12. The van der Waals surface area contributed by atoms with Crippen LogP contribution in [0.5, 0.6) is 5.75 Å². The first kappa shape index (κ1) is 19.7. The molecule has 0 N–H and O–H groups in total. The first-order valence-corrected chi connectivity index (χ1v) is 9.47. The van der Waals surface area contributed by atoms with Gasteiger partial charge in [0.1, 0.15) is 18.2 Å². The number of rotatable bonds is 4. The quantitative estimate of drug-likeness (QED) is 0.629. The molecule has 1 aliphatic heterocycles. The van der Waals surface area contributed by atoms with Crippen LogP contribution in [0.1, 0.15) is 11.1 Å². The van der Waals surface area contributed by atoms with Crippen molar-refractivity contribution in [2.24, 2.45) is 4.99 Å². The first-order chi connectivity index (χ1) is 12.9. The lowest BCUT2D eigenvalue weighted by Crippen LogP contribution is -2.23. The fourth-order valence-electron chi connectivity index (χ4n) is 2.47. The van der Waals surface area contributed by atoms with Gasteiger partial charge in [0.2, 0.25) is 0 Å². The van der Waals surface area contributed by atoms with Crippen molar-refractivity contribution in [3.8, 4) is 5.75 Å². The minimum absolute atomic E-state index is 0.0496. The zero-order valence-electron chi connectivity index (χ0n) is 14.5. The van der Waals surface area contributed by atoms with E-state index in [1.54, 1.807) is 44.4 Å². The minimum atomic E-state index is -0.441. The number of likely N-dealkylation sites (N-methyl/N-ethyl adjacent to an activating group) is 1. The largest absolute Gasteiger partial charge is 0.488 e. The first-order valence-electron chi connectivity index (χ1n) is 7.90. The van der Waals surface area contributed by atoms with E-state index in [9.17, 15) is 9.18 Å². The molecule has 0 saturated carbocycles. The van der Waals surface area contributed by atoms with Gasteiger partial charge < -0.3 is 4.74 Å². The molecule has 0 unspecified atom stereocenters. The molecule has 0 radical (unpaired) electrons. The number of amidine groups is 1. The topological polar surface area (TPSA) is 41.9 Å². The Morgan fingerprint density at radius 2 is 2.07 bits per heavy atom. The molecule has 27 heavy (non-hydrogen) atoms. The number of carbonyl (C=O) groups excluding carboxylic acids is 1. The van der Waals surface area contributed by atoms with Crippen molar-refractivity contribution in [1.29, 1.82) is 0 Å². The minimum Gasteiger partial charge on any atom is -0.488 e. The molecule has 1 heterocycles. The Morgan fingerprint density at radius 1 is 1.30 bits per heavy atom. The second-order valence-corrected chi connectivity index (χ2v) is 7.50. The van der Waals surface area contributed by atoms with Gasteiger partial charge in [-0.2, -0.15) is 0 Å². The van der Waals surface area contributed by atoms with Crippen LogP contribution in [0.4, 0.5) is 4.39 Å². The summed E-state index contributed by atoms with van der Waals surface area (Å²) >= 11 is 13.4. The van der Waals surface area contributed by atoms with Crippen LogP contribution in [0, 0.1) is 5.82 Å². The second kappa shape index (κ2) is 8.33. The number of amides is 1. The molecule has 0 aromatic heterocycles. The summed E-state index contributed by atoms with van der Waals surface area (Å²) in [5.74, 6) is -0.142. The molecule has 0 atom stereocenters. The number of carbonyl (C=O) groups is 1. The van der Waals surface area contributed by atoms with Crippen molar-refractivity contribution in [2.75, 3.05) is 14.1 Å². The van der Waals surface area contributed by atoms with Gasteiger partial charge in [0, 0.05) is 30.2 Å². The molecule has 0 bridgehead atoms. The van der Waals surface area contributed by atoms with Gasteiger partial charge in [0.15, 0.2) is 5.17 Å². The predicted octanol–water partition coefficient (Wildman–Crippen LogP) is 5.24. The van der Waals surface area contributed by atoms with E-state index in [0.717, 1.165) is 0 Å². The van der Waals surface area contributed by atoms with Crippen molar-refractivity contribution in [3.63, 3.8) is 0 Å². The van der Waals surface area contributed by atoms with Crippen LogP contribution < -0.4 is 4.74 Å². The van der Waals surface area contributed by atoms with Crippen LogP contribution in [0.15, 0.2) is 46.3 Å². The van der Waals surface area contributed by atoms with E-state index in [1.165, 1.54) is 28.8 Å². The van der Waals surface area contributed by atoms with Gasteiger partial charge in [0.25, 0.3) is 5.91 Å². The van der Waals surface area contributed by atoms with Crippen molar-refractivity contribution in [2.45, 2.75) is 6.61 Å². The van der Waals surface area contributed by atoms with Gasteiger partial charge >= 0.3 is 0 Å². The maximum absolute atomic E-state index is 14.0. The SMILES string of the molecule is CN=C1S/C(=C\c2cc(Cl)ccc2OCc2c(F)cccc2Cl)C(=O)N1C. The molecule has 1 aliphatic rings. The summed E-state index contributed by atoms with van der Waals surface area (Å²) < 4.78 is 19.7. The van der Waals surface area contributed by atoms with Crippen molar-refractivity contribution < 1.29 is 13.9 Å². The van der Waals surface area contributed by atoms with Crippen molar-refractivity contribution in [3.05, 3.63) is 68.3 Å². The molecule has 1 amide bonds. The number of nitrogens with zero attached hydrogens (tertiary/aromatic N) is 2. The Balaban J connectivity index is 1.90. The maximum atomic E-state index is 14.0. The van der Waals surface area contributed by atoms with Gasteiger partial charge in [-0.3, -0.25) is 14.7 Å². The fraction of sp³-hybridized carbons (Fsp3) is 0.158. The van der Waals surface area contributed by atoms with Crippen LogP contribution in [-0.4, -0.2) is 30.1 Å². The summed E-state index contributed by atoms with van der Waals surface area (Å²) in [7, 11) is 3.29. The number of hydrogen-bond acceptors (Lipinski definition) is 4. The zero-order valence-corrected chi connectivity index (χ0v) is 16.8. The Morgan fingerprint density at radius 3 is 2.74 bits per heavy atom. The monoisotopic (exact) mass is 424 g/mol. The number of halogens is 3. The van der Waals surface area contributed by atoms with E-state index in [0.29, 0.717) is 26.4 Å². The molecule has 140 valence electrons. The number of aliphatic imine (C=N–C) groups is 1. The number of ether oxygens (including phenoxy) is 1. The molecule has 2 aromatic carbocycles. The Bertz CT molecular complexity index is 942. The second-order valence-electron chi connectivity index (χ2n) is 5.65. The summed E-state index contributed by atoms with van der Waals surface area (Å²) in [5, 5.41) is 1.39. The van der Waals surface area contributed by atoms with E-state index < -0.39 is 5.82 Å². The van der Waals surface area contributed by atoms with E-state index in [-0.39, 0.29) is 23.1 Å².